The highest BCUT2D eigenvalue weighted by Crippen LogP contribution is 2.17. The number of nitrogens with one attached hydrogen (secondary N) is 2. The molecule has 80 valence electrons. The van der Waals surface area contributed by atoms with E-state index in [2.05, 4.69) is 45.4 Å². The molecule has 1 fully saturated rings. The first kappa shape index (κ1) is 10.7. The summed E-state index contributed by atoms with van der Waals surface area (Å²) in [6, 6.07) is 8.44. The molecule has 3 nitrogen and oxygen atoms in total. The molecule has 1 unspecified atom stereocenters. The minimum Gasteiger partial charge on any atom is -0.382 e. The lowest BCUT2D eigenvalue weighted by Gasteiger charge is -2.13. The van der Waals surface area contributed by atoms with E-state index in [0.29, 0.717) is 6.42 Å². The van der Waals surface area contributed by atoms with Gasteiger partial charge in [-0.25, -0.2) is 0 Å². The van der Waals surface area contributed by atoms with Gasteiger partial charge < -0.3 is 10.6 Å². The number of hydrogen-bond donors (Lipinski definition) is 2. The molecule has 2 N–H and O–H groups in total. The van der Waals surface area contributed by atoms with Gasteiger partial charge in [-0.15, -0.1) is 0 Å². The Kier molecular flexibility index (Phi) is 3.45. The van der Waals surface area contributed by atoms with E-state index in [-0.39, 0.29) is 11.9 Å². The number of hydrogen-bond acceptors (Lipinski definition) is 2. The van der Waals surface area contributed by atoms with E-state index in [1.54, 1.807) is 0 Å². The van der Waals surface area contributed by atoms with Crippen LogP contribution in [-0.2, 0) is 4.79 Å². The number of para-hydroxylation sites is 1. The second kappa shape index (κ2) is 4.83. The SMILES string of the molecule is O=C1CCC(CNc2ccccc2I)N1. The Morgan fingerprint density at radius 3 is 2.93 bits per heavy atom. The van der Waals surface area contributed by atoms with Crippen molar-refractivity contribution in [3.63, 3.8) is 0 Å². The Labute approximate surface area is 103 Å². The van der Waals surface area contributed by atoms with E-state index in [0.717, 1.165) is 18.7 Å². The van der Waals surface area contributed by atoms with Gasteiger partial charge in [-0.1, -0.05) is 12.1 Å². The van der Waals surface area contributed by atoms with Crippen LogP contribution in [0.15, 0.2) is 24.3 Å². The van der Waals surface area contributed by atoms with Crippen LogP contribution in [0, 0.1) is 3.57 Å². The van der Waals surface area contributed by atoms with E-state index in [1.807, 2.05) is 12.1 Å². The summed E-state index contributed by atoms with van der Waals surface area (Å²) in [5.41, 5.74) is 1.14. The van der Waals surface area contributed by atoms with Crippen molar-refractivity contribution in [2.24, 2.45) is 0 Å². The van der Waals surface area contributed by atoms with E-state index >= 15 is 0 Å². The second-order valence-corrected chi connectivity index (χ2v) is 4.83. The quantitative estimate of drug-likeness (QED) is 0.837. The topological polar surface area (TPSA) is 41.1 Å². The van der Waals surface area contributed by atoms with Crippen molar-refractivity contribution in [3.05, 3.63) is 27.8 Å². The smallest absolute Gasteiger partial charge is 0.220 e. The van der Waals surface area contributed by atoms with Gasteiger partial charge in [-0.2, -0.15) is 0 Å². The van der Waals surface area contributed by atoms with Gasteiger partial charge >= 0.3 is 0 Å². The molecule has 0 bridgehead atoms. The summed E-state index contributed by atoms with van der Waals surface area (Å²) in [5, 5.41) is 6.29. The molecule has 0 spiro atoms. The first-order chi connectivity index (χ1) is 7.25. The lowest BCUT2D eigenvalue weighted by Crippen LogP contribution is -2.31. The van der Waals surface area contributed by atoms with Gasteiger partial charge in [0, 0.05) is 28.3 Å². The zero-order valence-electron chi connectivity index (χ0n) is 8.29. The van der Waals surface area contributed by atoms with Crippen LogP contribution in [-0.4, -0.2) is 18.5 Å². The van der Waals surface area contributed by atoms with Crippen LogP contribution in [0.2, 0.25) is 0 Å². The van der Waals surface area contributed by atoms with Gasteiger partial charge in [0.15, 0.2) is 0 Å². The van der Waals surface area contributed by atoms with Crippen molar-refractivity contribution in [3.8, 4) is 0 Å². The molecule has 1 saturated heterocycles. The average molecular weight is 316 g/mol. The summed E-state index contributed by atoms with van der Waals surface area (Å²) in [6.07, 6.45) is 1.60. The van der Waals surface area contributed by atoms with Crippen molar-refractivity contribution in [1.29, 1.82) is 0 Å². The van der Waals surface area contributed by atoms with Crippen LogP contribution in [0.3, 0.4) is 0 Å². The highest BCUT2D eigenvalue weighted by molar-refractivity contribution is 14.1. The number of amides is 1. The number of benzene rings is 1. The van der Waals surface area contributed by atoms with Crippen molar-refractivity contribution < 1.29 is 4.79 Å². The fourth-order valence-electron chi connectivity index (χ4n) is 1.67. The van der Waals surface area contributed by atoms with Gasteiger partial charge in [0.25, 0.3) is 0 Å². The summed E-state index contributed by atoms with van der Waals surface area (Å²) in [4.78, 5) is 11.0. The molecule has 1 atom stereocenters. The van der Waals surface area contributed by atoms with Crippen molar-refractivity contribution in [1.82, 2.24) is 5.32 Å². The van der Waals surface area contributed by atoms with Gasteiger partial charge in [0.1, 0.15) is 0 Å². The largest absolute Gasteiger partial charge is 0.382 e. The molecule has 2 rings (SSSR count). The summed E-state index contributed by atoms with van der Waals surface area (Å²) < 4.78 is 1.21. The number of halogens is 1. The first-order valence-corrected chi connectivity index (χ1v) is 6.11. The molecule has 0 aliphatic carbocycles. The van der Waals surface area contributed by atoms with Gasteiger partial charge in [0.2, 0.25) is 5.91 Å². The van der Waals surface area contributed by atoms with Crippen LogP contribution in [0.5, 0.6) is 0 Å². The molecule has 1 aliphatic rings. The Hall–Kier alpha value is -0.780. The Balaban J connectivity index is 1.88. The average Bonchev–Trinajstić information content (AvgIpc) is 2.63. The summed E-state index contributed by atoms with van der Waals surface area (Å²) in [6.45, 7) is 0.811. The summed E-state index contributed by atoms with van der Waals surface area (Å²) >= 11 is 2.30. The maximum Gasteiger partial charge on any atom is 0.220 e. The highest BCUT2D eigenvalue weighted by Gasteiger charge is 2.20. The van der Waals surface area contributed by atoms with Crippen molar-refractivity contribution in [2.45, 2.75) is 18.9 Å². The number of anilines is 1. The molecule has 0 saturated carbocycles. The predicted octanol–water partition coefficient (Wildman–Crippen LogP) is 1.98. The molecule has 15 heavy (non-hydrogen) atoms. The molecule has 0 radical (unpaired) electrons. The minimum absolute atomic E-state index is 0.171. The molecule has 0 aromatic heterocycles. The molecule has 1 aromatic carbocycles. The van der Waals surface area contributed by atoms with Crippen LogP contribution >= 0.6 is 22.6 Å². The van der Waals surface area contributed by atoms with Crippen LogP contribution in [0.4, 0.5) is 5.69 Å². The second-order valence-electron chi connectivity index (χ2n) is 3.66. The van der Waals surface area contributed by atoms with Gasteiger partial charge in [0.05, 0.1) is 0 Å². The Morgan fingerprint density at radius 1 is 1.47 bits per heavy atom. The normalized spacial score (nSPS) is 20.1. The third-order valence-corrected chi connectivity index (χ3v) is 3.44. The van der Waals surface area contributed by atoms with Gasteiger partial charge in [-0.3, -0.25) is 4.79 Å². The van der Waals surface area contributed by atoms with Crippen molar-refractivity contribution >= 4 is 34.2 Å². The van der Waals surface area contributed by atoms with Crippen LogP contribution < -0.4 is 10.6 Å². The Bertz CT molecular complexity index is 367. The maximum absolute atomic E-state index is 11.0. The van der Waals surface area contributed by atoms with Crippen LogP contribution in [0.25, 0.3) is 0 Å². The molecule has 1 aromatic rings. The number of rotatable bonds is 3. The van der Waals surface area contributed by atoms with E-state index in [1.165, 1.54) is 3.57 Å². The third kappa shape index (κ3) is 2.84. The molecule has 1 heterocycles. The van der Waals surface area contributed by atoms with Gasteiger partial charge in [-0.05, 0) is 41.1 Å². The lowest BCUT2D eigenvalue weighted by molar-refractivity contribution is -0.119. The fourth-order valence-corrected chi connectivity index (χ4v) is 2.25. The van der Waals surface area contributed by atoms with E-state index in [9.17, 15) is 4.79 Å². The molecule has 4 heteroatoms. The maximum atomic E-state index is 11.0. The fraction of sp³-hybridized carbons (Fsp3) is 0.364. The zero-order valence-corrected chi connectivity index (χ0v) is 10.5. The zero-order chi connectivity index (χ0) is 10.7. The first-order valence-electron chi connectivity index (χ1n) is 5.03. The molecular weight excluding hydrogens is 303 g/mol. The molecular formula is C11H13IN2O. The van der Waals surface area contributed by atoms with E-state index < -0.39 is 0 Å². The number of carbonyl (C=O) groups is 1. The predicted molar refractivity (Wildman–Crippen MR) is 68.8 cm³/mol. The molecule has 1 amide bonds. The summed E-state index contributed by atoms with van der Waals surface area (Å²) in [7, 11) is 0. The third-order valence-electron chi connectivity index (χ3n) is 2.50. The van der Waals surface area contributed by atoms with Crippen molar-refractivity contribution in [2.75, 3.05) is 11.9 Å². The molecule has 1 aliphatic heterocycles. The highest BCUT2D eigenvalue weighted by atomic mass is 127. The number of carbonyl (C=O) groups excluding carboxylic acids is 1. The van der Waals surface area contributed by atoms with E-state index in [4.69, 9.17) is 0 Å². The lowest BCUT2D eigenvalue weighted by atomic mass is 10.2. The monoisotopic (exact) mass is 316 g/mol. The minimum atomic E-state index is 0.171. The standard InChI is InChI=1S/C11H13IN2O/c12-9-3-1-2-4-10(9)13-7-8-5-6-11(15)14-8/h1-4,8,13H,5-7H2,(H,14,15). The summed E-state index contributed by atoms with van der Waals surface area (Å²) in [5.74, 6) is 0.171. The Morgan fingerprint density at radius 2 is 2.27 bits per heavy atom. The van der Waals surface area contributed by atoms with Crippen LogP contribution in [0.1, 0.15) is 12.8 Å².